The zero-order chi connectivity index (χ0) is 11.2. The Morgan fingerprint density at radius 3 is 2.67 bits per heavy atom. The van der Waals surface area contributed by atoms with Crippen LogP contribution in [-0.4, -0.2) is 9.55 Å². The predicted octanol–water partition coefficient (Wildman–Crippen LogP) is 2.21. The fraction of sp³-hybridized carbons (Fsp3) is 0.273. The first-order chi connectivity index (χ1) is 7.00. The first-order valence-electron chi connectivity index (χ1n) is 4.71. The van der Waals surface area contributed by atoms with Crippen LogP contribution in [0.3, 0.4) is 0 Å². The van der Waals surface area contributed by atoms with E-state index in [1.165, 1.54) is 4.57 Å². The normalized spacial score (nSPS) is 10.9. The van der Waals surface area contributed by atoms with E-state index in [2.05, 4.69) is 4.98 Å². The van der Waals surface area contributed by atoms with Gasteiger partial charge in [0.1, 0.15) is 0 Å². The Balaban J connectivity index is 3.13. The lowest BCUT2D eigenvalue weighted by Gasteiger charge is -2.06. The Bertz CT molecular complexity index is 652. The molecule has 15 heavy (non-hydrogen) atoms. The number of nitrogens with one attached hydrogen (secondary N) is 1. The van der Waals surface area contributed by atoms with E-state index >= 15 is 0 Å². The molecule has 4 heteroatoms. The lowest BCUT2D eigenvalue weighted by molar-refractivity contribution is 0.823. The molecular formula is C11H12N2OS. The number of nitrogens with zero attached hydrogens (tertiary/aromatic N) is 1. The van der Waals surface area contributed by atoms with Crippen molar-refractivity contribution in [2.75, 3.05) is 0 Å². The largest absolute Gasteiger partial charge is 0.331 e. The molecule has 0 bridgehead atoms. The van der Waals surface area contributed by atoms with E-state index in [9.17, 15) is 4.79 Å². The van der Waals surface area contributed by atoms with Gasteiger partial charge in [0, 0.05) is 7.05 Å². The van der Waals surface area contributed by atoms with E-state index < -0.39 is 0 Å². The Morgan fingerprint density at radius 1 is 1.33 bits per heavy atom. The second kappa shape index (κ2) is 3.31. The van der Waals surface area contributed by atoms with Crippen molar-refractivity contribution in [3.8, 4) is 0 Å². The summed E-state index contributed by atoms with van der Waals surface area (Å²) in [6.45, 7) is 3.95. The zero-order valence-corrected chi connectivity index (χ0v) is 9.73. The third kappa shape index (κ3) is 1.51. The van der Waals surface area contributed by atoms with Crippen LogP contribution in [0.2, 0.25) is 0 Å². The van der Waals surface area contributed by atoms with Crippen LogP contribution in [0.15, 0.2) is 16.9 Å². The number of hydrogen-bond donors (Lipinski definition) is 1. The van der Waals surface area contributed by atoms with Crippen molar-refractivity contribution in [2.24, 2.45) is 7.05 Å². The molecule has 0 saturated carbocycles. The molecule has 0 unspecified atom stereocenters. The quantitative estimate of drug-likeness (QED) is 0.691. The molecule has 0 radical (unpaired) electrons. The van der Waals surface area contributed by atoms with Gasteiger partial charge in [-0.2, -0.15) is 0 Å². The van der Waals surface area contributed by atoms with Crippen molar-refractivity contribution < 1.29 is 0 Å². The molecule has 2 aromatic rings. The number of hydrogen-bond acceptors (Lipinski definition) is 2. The highest BCUT2D eigenvalue weighted by Crippen LogP contribution is 2.14. The Hall–Kier alpha value is -1.42. The molecule has 0 fully saturated rings. The minimum Gasteiger partial charge on any atom is -0.331 e. The summed E-state index contributed by atoms with van der Waals surface area (Å²) in [7, 11) is 1.68. The van der Waals surface area contributed by atoms with Crippen LogP contribution in [0.25, 0.3) is 10.9 Å². The first kappa shape index (κ1) is 10.1. The fourth-order valence-electron chi connectivity index (χ4n) is 1.77. The number of aromatic nitrogens is 2. The van der Waals surface area contributed by atoms with E-state index in [0.717, 1.165) is 16.6 Å². The highest BCUT2D eigenvalue weighted by molar-refractivity contribution is 7.71. The molecule has 0 atom stereocenters. The zero-order valence-electron chi connectivity index (χ0n) is 8.92. The van der Waals surface area contributed by atoms with E-state index in [0.29, 0.717) is 10.2 Å². The van der Waals surface area contributed by atoms with Crippen LogP contribution in [0.5, 0.6) is 0 Å². The summed E-state index contributed by atoms with van der Waals surface area (Å²) >= 11 is 5.07. The molecule has 3 nitrogen and oxygen atoms in total. The van der Waals surface area contributed by atoms with Crippen molar-refractivity contribution in [3.63, 3.8) is 0 Å². The van der Waals surface area contributed by atoms with Crippen molar-refractivity contribution in [2.45, 2.75) is 13.8 Å². The van der Waals surface area contributed by atoms with E-state index in [1.807, 2.05) is 26.0 Å². The molecular weight excluding hydrogens is 208 g/mol. The highest BCUT2D eigenvalue weighted by Gasteiger charge is 2.05. The molecule has 2 rings (SSSR count). The van der Waals surface area contributed by atoms with Gasteiger partial charge in [-0.3, -0.25) is 9.36 Å². The van der Waals surface area contributed by atoms with Gasteiger partial charge in [0.25, 0.3) is 5.56 Å². The molecule has 1 N–H and O–H groups in total. The van der Waals surface area contributed by atoms with Gasteiger partial charge in [0.15, 0.2) is 4.77 Å². The smallest absolute Gasteiger partial charge is 0.261 e. The molecule has 0 amide bonds. The van der Waals surface area contributed by atoms with Crippen LogP contribution in [0.4, 0.5) is 0 Å². The summed E-state index contributed by atoms with van der Waals surface area (Å²) in [5, 5.41) is 0.698. The summed E-state index contributed by atoms with van der Waals surface area (Å²) in [6.07, 6.45) is 0. The molecule has 1 heterocycles. The maximum Gasteiger partial charge on any atom is 0.261 e. The van der Waals surface area contributed by atoms with Gasteiger partial charge in [-0.15, -0.1) is 0 Å². The molecule has 1 aromatic carbocycles. The van der Waals surface area contributed by atoms with Gasteiger partial charge in [-0.25, -0.2) is 0 Å². The van der Waals surface area contributed by atoms with Crippen LogP contribution in [0, 0.1) is 18.6 Å². The SMILES string of the molecule is Cc1cc(C)c2[nH]c(=S)n(C)c(=O)c2c1. The number of aromatic amines is 1. The Labute approximate surface area is 92.4 Å². The van der Waals surface area contributed by atoms with Crippen LogP contribution >= 0.6 is 12.2 Å². The molecule has 0 aliphatic rings. The number of benzene rings is 1. The number of rotatable bonds is 0. The lowest BCUT2D eigenvalue weighted by Crippen LogP contribution is -2.19. The van der Waals surface area contributed by atoms with Gasteiger partial charge in [-0.05, 0) is 43.3 Å². The van der Waals surface area contributed by atoms with Crippen molar-refractivity contribution in [1.29, 1.82) is 0 Å². The fourth-order valence-corrected chi connectivity index (χ4v) is 1.95. The highest BCUT2D eigenvalue weighted by atomic mass is 32.1. The maximum atomic E-state index is 11.9. The Kier molecular flexibility index (Phi) is 2.23. The van der Waals surface area contributed by atoms with Gasteiger partial charge in [0.2, 0.25) is 0 Å². The average molecular weight is 220 g/mol. The Morgan fingerprint density at radius 2 is 2.00 bits per heavy atom. The molecule has 0 aliphatic carbocycles. The standard InChI is InChI=1S/C11H12N2OS/c1-6-4-7(2)9-8(5-6)10(14)13(3)11(15)12-9/h4-5H,1-3H3,(H,12,15). The van der Waals surface area contributed by atoms with Crippen LogP contribution in [0.1, 0.15) is 11.1 Å². The van der Waals surface area contributed by atoms with E-state index in [-0.39, 0.29) is 5.56 Å². The summed E-state index contributed by atoms with van der Waals surface area (Å²) < 4.78 is 1.91. The predicted molar refractivity (Wildman–Crippen MR) is 63.8 cm³/mol. The minimum atomic E-state index is -0.0412. The second-order valence-electron chi connectivity index (χ2n) is 3.80. The minimum absolute atomic E-state index is 0.0412. The van der Waals surface area contributed by atoms with Gasteiger partial charge in [-0.1, -0.05) is 6.07 Å². The molecule has 0 spiro atoms. The summed E-state index contributed by atoms with van der Waals surface area (Å²) in [4.78, 5) is 15.0. The maximum absolute atomic E-state index is 11.9. The van der Waals surface area contributed by atoms with Gasteiger partial charge < -0.3 is 4.98 Å². The third-order valence-electron chi connectivity index (χ3n) is 2.55. The second-order valence-corrected chi connectivity index (χ2v) is 4.19. The van der Waals surface area contributed by atoms with Gasteiger partial charge >= 0.3 is 0 Å². The summed E-state index contributed by atoms with van der Waals surface area (Å²) in [5.41, 5.74) is 2.94. The summed E-state index contributed by atoms with van der Waals surface area (Å²) in [5.74, 6) is 0. The van der Waals surface area contributed by atoms with Crippen LogP contribution < -0.4 is 5.56 Å². The van der Waals surface area contributed by atoms with Crippen molar-refractivity contribution in [1.82, 2.24) is 9.55 Å². The third-order valence-corrected chi connectivity index (χ3v) is 2.93. The lowest BCUT2D eigenvalue weighted by atomic mass is 10.1. The summed E-state index contributed by atoms with van der Waals surface area (Å²) in [6, 6.07) is 3.92. The van der Waals surface area contributed by atoms with E-state index in [4.69, 9.17) is 12.2 Å². The molecule has 1 aromatic heterocycles. The molecule has 0 saturated heterocycles. The van der Waals surface area contributed by atoms with Crippen molar-refractivity contribution in [3.05, 3.63) is 38.4 Å². The van der Waals surface area contributed by atoms with Crippen molar-refractivity contribution >= 4 is 23.1 Å². The topological polar surface area (TPSA) is 37.8 Å². The monoisotopic (exact) mass is 220 g/mol. The number of fused-ring (bicyclic) bond motifs is 1. The van der Waals surface area contributed by atoms with E-state index in [1.54, 1.807) is 7.05 Å². The molecule has 78 valence electrons. The molecule has 0 aliphatic heterocycles. The first-order valence-corrected chi connectivity index (χ1v) is 5.12. The van der Waals surface area contributed by atoms with Crippen LogP contribution in [-0.2, 0) is 7.05 Å². The number of H-pyrrole nitrogens is 1. The van der Waals surface area contributed by atoms with Gasteiger partial charge in [0.05, 0.1) is 10.9 Å². The number of aryl methyl sites for hydroxylation is 2. The average Bonchev–Trinajstić information content (AvgIpc) is 2.17.